The zero-order valence-electron chi connectivity index (χ0n) is 10.3. The predicted octanol–water partition coefficient (Wildman–Crippen LogP) is 2.96. The Bertz CT molecular complexity index is 641. The Kier molecular flexibility index (Phi) is 3.24. The zero-order valence-corrected chi connectivity index (χ0v) is 11.1. The van der Waals surface area contributed by atoms with Crippen molar-refractivity contribution in [3.8, 4) is 0 Å². The summed E-state index contributed by atoms with van der Waals surface area (Å²) in [5.74, 6) is -0.486. The molecule has 1 aliphatic rings. The van der Waals surface area contributed by atoms with Crippen LogP contribution in [-0.4, -0.2) is 5.91 Å². The van der Waals surface area contributed by atoms with Gasteiger partial charge in [0.05, 0.1) is 5.69 Å². The molecule has 1 aliphatic carbocycles. The summed E-state index contributed by atoms with van der Waals surface area (Å²) in [7, 11) is 0. The molecule has 0 radical (unpaired) electrons. The maximum absolute atomic E-state index is 11.3. The van der Waals surface area contributed by atoms with Crippen LogP contribution in [0.25, 0.3) is 11.6 Å². The maximum atomic E-state index is 11.3. The van der Waals surface area contributed by atoms with Crippen LogP contribution < -0.4 is 11.5 Å². The lowest BCUT2D eigenvalue weighted by atomic mass is 9.97. The highest BCUT2D eigenvalue weighted by Crippen LogP contribution is 2.40. The largest absolute Gasteiger partial charge is 0.397 e. The van der Waals surface area contributed by atoms with Crippen LogP contribution in [0.2, 0.25) is 0 Å². The average Bonchev–Trinajstić information content (AvgIpc) is 2.55. The van der Waals surface area contributed by atoms with Gasteiger partial charge in [-0.2, -0.15) is 0 Å². The van der Waals surface area contributed by atoms with Gasteiger partial charge in [0, 0.05) is 10.4 Å². The topological polar surface area (TPSA) is 69.1 Å². The Morgan fingerprint density at radius 1 is 1.50 bits per heavy atom. The van der Waals surface area contributed by atoms with Crippen LogP contribution in [0, 0.1) is 0 Å². The lowest BCUT2D eigenvalue weighted by Gasteiger charge is -2.08. The van der Waals surface area contributed by atoms with Crippen molar-refractivity contribution in [2.45, 2.75) is 13.8 Å². The van der Waals surface area contributed by atoms with Crippen molar-refractivity contribution < 1.29 is 4.79 Å². The van der Waals surface area contributed by atoms with Crippen LogP contribution in [0.5, 0.6) is 0 Å². The molecule has 1 amide bonds. The smallest absolute Gasteiger partial charge is 0.260 e. The summed E-state index contributed by atoms with van der Waals surface area (Å²) in [6.45, 7) is 3.98. The van der Waals surface area contributed by atoms with Crippen molar-refractivity contribution in [3.05, 3.63) is 44.9 Å². The molecule has 1 aromatic rings. The van der Waals surface area contributed by atoms with Gasteiger partial charge in [-0.1, -0.05) is 6.08 Å². The van der Waals surface area contributed by atoms with Crippen molar-refractivity contribution in [1.29, 1.82) is 0 Å². The second-order valence-electron chi connectivity index (χ2n) is 3.98. The van der Waals surface area contributed by atoms with Crippen LogP contribution in [0.4, 0.5) is 5.69 Å². The molecular weight excluding hydrogens is 244 g/mol. The van der Waals surface area contributed by atoms with E-state index in [9.17, 15) is 4.79 Å². The standard InChI is InChI=1S/C14H14N2OS/c1-3-8(2)9-6-4-5-7-10-11(9)12(15)13(18-10)14(16)17/h3-4,6-7H,15H2,1-2H3,(H2,16,17)/b8-3-. The van der Waals surface area contributed by atoms with E-state index in [-0.39, 0.29) is 0 Å². The molecule has 0 spiro atoms. The second-order valence-corrected chi connectivity index (χ2v) is 5.03. The molecule has 92 valence electrons. The number of amides is 1. The molecule has 4 N–H and O–H groups in total. The van der Waals surface area contributed by atoms with E-state index in [1.54, 1.807) is 0 Å². The van der Waals surface area contributed by atoms with Gasteiger partial charge in [0.25, 0.3) is 5.91 Å². The van der Waals surface area contributed by atoms with Crippen LogP contribution in [0.15, 0.2) is 29.5 Å². The predicted molar refractivity (Wildman–Crippen MR) is 77.2 cm³/mol. The lowest BCUT2D eigenvalue weighted by molar-refractivity contribution is 0.100. The molecule has 0 saturated heterocycles. The fraction of sp³-hybridized carbons (Fsp3) is 0.143. The van der Waals surface area contributed by atoms with Crippen LogP contribution in [-0.2, 0) is 0 Å². The van der Waals surface area contributed by atoms with E-state index in [1.165, 1.54) is 11.3 Å². The summed E-state index contributed by atoms with van der Waals surface area (Å²) < 4.78 is 0. The van der Waals surface area contributed by atoms with Crippen LogP contribution in [0.1, 0.15) is 34.0 Å². The first-order chi connectivity index (χ1) is 8.56. The van der Waals surface area contributed by atoms with Crippen molar-refractivity contribution in [1.82, 2.24) is 0 Å². The molecule has 1 heterocycles. The molecule has 3 nitrogen and oxygen atoms in total. The molecule has 0 bridgehead atoms. The van der Waals surface area contributed by atoms with Gasteiger partial charge in [-0.05, 0) is 43.2 Å². The number of hydrogen-bond acceptors (Lipinski definition) is 3. The van der Waals surface area contributed by atoms with Gasteiger partial charge < -0.3 is 11.5 Å². The number of rotatable bonds is 2. The average molecular weight is 258 g/mol. The molecule has 4 heteroatoms. The van der Waals surface area contributed by atoms with Crippen LogP contribution in [0.3, 0.4) is 0 Å². The van der Waals surface area contributed by atoms with Crippen molar-refractivity contribution >= 4 is 34.6 Å². The minimum Gasteiger partial charge on any atom is -0.397 e. The second kappa shape index (κ2) is 4.69. The first-order valence-electron chi connectivity index (χ1n) is 5.54. The minimum absolute atomic E-state index is 0.412. The van der Waals surface area contributed by atoms with Gasteiger partial charge >= 0.3 is 0 Å². The summed E-state index contributed by atoms with van der Waals surface area (Å²) in [6, 6.07) is 0. The Morgan fingerprint density at radius 3 is 2.83 bits per heavy atom. The molecular formula is C14H14N2OS. The van der Waals surface area contributed by atoms with E-state index in [0.717, 1.165) is 21.6 Å². The molecule has 18 heavy (non-hydrogen) atoms. The summed E-state index contributed by atoms with van der Waals surface area (Å²) in [5.41, 5.74) is 17.9. The highest BCUT2D eigenvalue weighted by Gasteiger charge is 2.21. The number of hydrogen-bond donors (Lipinski definition) is 2. The fourth-order valence-corrected chi connectivity index (χ4v) is 2.83. The number of fused-ring (bicyclic) bond motifs is 1. The van der Waals surface area contributed by atoms with Crippen molar-refractivity contribution in [3.63, 3.8) is 0 Å². The Labute approximate surface area is 110 Å². The van der Waals surface area contributed by atoms with Gasteiger partial charge in [-0.25, -0.2) is 0 Å². The zero-order chi connectivity index (χ0) is 13.3. The van der Waals surface area contributed by atoms with Gasteiger partial charge in [0.15, 0.2) is 0 Å². The molecule has 0 saturated carbocycles. The first-order valence-corrected chi connectivity index (χ1v) is 6.36. The number of nitrogen functional groups attached to an aromatic ring is 1. The van der Waals surface area contributed by atoms with Gasteiger partial charge in [-0.15, -0.1) is 17.1 Å². The van der Waals surface area contributed by atoms with E-state index in [0.29, 0.717) is 10.6 Å². The Morgan fingerprint density at radius 2 is 2.22 bits per heavy atom. The molecule has 0 fully saturated rings. The summed E-state index contributed by atoms with van der Waals surface area (Å²) >= 11 is 1.31. The monoisotopic (exact) mass is 258 g/mol. The molecule has 0 aromatic carbocycles. The number of carbonyl (C=O) groups excluding carboxylic acids is 1. The number of thiophene rings is 1. The number of primary amides is 1. The third kappa shape index (κ3) is 1.92. The molecule has 1 aromatic heterocycles. The van der Waals surface area contributed by atoms with E-state index in [1.807, 2.05) is 38.2 Å². The number of carbonyl (C=O) groups is 1. The molecule has 2 rings (SSSR count). The Hall–Kier alpha value is -2.03. The number of anilines is 1. The molecule has 0 aliphatic heterocycles. The molecule has 0 atom stereocenters. The molecule has 0 unspecified atom stereocenters. The van der Waals surface area contributed by atoms with E-state index in [4.69, 9.17) is 11.5 Å². The van der Waals surface area contributed by atoms with E-state index < -0.39 is 5.91 Å². The van der Waals surface area contributed by atoms with E-state index >= 15 is 0 Å². The normalized spacial score (nSPS) is 14.1. The fourth-order valence-electron chi connectivity index (χ4n) is 1.85. The lowest BCUT2D eigenvalue weighted by Crippen LogP contribution is -2.11. The number of allylic oxidation sites excluding steroid dienone is 5. The van der Waals surface area contributed by atoms with Gasteiger partial charge in [0.1, 0.15) is 4.88 Å². The highest BCUT2D eigenvalue weighted by molar-refractivity contribution is 7.15. The summed E-state index contributed by atoms with van der Waals surface area (Å²) in [6.07, 6.45) is 7.63. The third-order valence-electron chi connectivity index (χ3n) is 2.88. The van der Waals surface area contributed by atoms with Crippen molar-refractivity contribution in [2.24, 2.45) is 5.73 Å². The van der Waals surface area contributed by atoms with Crippen molar-refractivity contribution in [2.75, 3.05) is 5.73 Å². The van der Waals surface area contributed by atoms with Crippen LogP contribution >= 0.6 is 11.3 Å². The number of nitrogens with two attached hydrogens (primary N) is 2. The quantitative estimate of drug-likeness (QED) is 0.801. The highest BCUT2D eigenvalue weighted by atomic mass is 32.1. The minimum atomic E-state index is -0.486. The third-order valence-corrected chi connectivity index (χ3v) is 4.05. The van der Waals surface area contributed by atoms with E-state index in [2.05, 4.69) is 5.73 Å². The summed E-state index contributed by atoms with van der Waals surface area (Å²) in [4.78, 5) is 12.7. The van der Waals surface area contributed by atoms with Gasteiger partial charge in [-0.3, -0.25) is 4.79 Å². The maximum Gasteiger partial charge on any atom is 0.260 e. The Balaban J connectivity index is 2.74. The summed E-state index contributed by atoms with van der Waals surface area (Å²) in [5, 5.41) is 0. The van der Waals surface area contributed by atoms with Gasteiger partial charge in [0.2, 0.25) is 0 Å². The first kappa shape index (κ1) is 12.4. The SMILES string of the molecule is C/C=C(/C)C1=CC=C=Cc2sc(C(N)=O)c(N)c21.